The van der Waals surface area contributed by atoms with Crippen LogP contribution in [0.15, 0.2) is 53.4 Å². The van der Waals surface area contributed by atoms with Crippen LogP contribution in [-0.4, -0.2) is 42.7 Å². The maximum Gasteiger partial charge on any atom is 0.294 e. The highest BCUT2D eigenvalue weighted by Crippen LogP contribution is 2.34. The topological polar surface area (TPSA) is 84.9 Å². The zero-order chi connectivity index (χ0) is 20.1. The zero-order valence-electron chi connectivity index (χ0n) is 15.3. The maximum atomic E-state index is 12.6. The van der Waals surface area contributed by atoms with E-state index in [-0.39, 0.29) is 11.4 Å². The van der Waals surface area contributed by atoms with Crippen molar-refractivity contribution in [3.05, 3.63) is 59.0 Å². The van der Waals surface area contributed by atoms with Gasteiger partial charge in [-0.1, -0.05) is 30.3 Å². The summed E-state index contributed by atoms with van der Waals surface area (Å²) >= 11 is 0.790. The smallest absolute Gasteiger partial charge is 0.294 e. The first-order valence-corrected chi connectivity index (χ1v) is 9.16. The summed E-state index contributed by atoms with van der Waals surface area (Å²) in [5.41, 5.74) is 1.14. The third-order valence-corrected chi connectivity index (χ3v) is 4.89. The van der Waals surface area contributed by atoms with Crippen molar-refractivity contribution in [3.8, 4) is 11.5 Å². The van der Waals surface area contributed by atoms with E-state index < -0.39 is 17.1 Å². The van der Waals surface area contributed by atoms with Gasteiger partial charge in [-0.05, 0) is 36.0 Å². The number of nitrogens with one attached hydrogen (secondary N) is 1. The van der Waals surface area contributed by atoms with Crippen LogP contribution in [0.2, 0.25) is 0 Å². The van der Waals surface area contributed by atoms with Crippen LogP contribution in [0.5, 0.6) is 11.5 Å². The molecule has 1 aliphatic rings. The van der Waals surface area contributed by atoms with Crippen molar-refractivity contribution in [2.45, 2.75) is 0 Å². The highest BCUT2D eigenvalue weighted by Gasteiger charge is 2.36. The molecule has 1 heterocycles. The van der Waals surface area contributed by atoms with E-state index >= 15 is 0 Å². The molecule has 1 fully saturated rings. The van der Waals surface area contributed by atoms with E-state index in [1.807, 2.05) is 6.07 Å². The lowest BCUT2D eigenvalue weighted by atomic mass is 10.2. The first-order chi connectivity index (χ1) is 13.5. The number of thioether (sulfide) groups is 1. The lowest BCUT2D eigenvalue weighted by Gasteiger charge is -2.14. The number of methoxy groups -OCH3 is 2. The van der Waals surface area contributed by atoms with Crippen LogP contribution < -0.4 is 14.8 Å². The van der Waals surface area contributed by atoms with E-state index in [4.69, 9.17) is 9.47 Å². The van der Waals surface area contributed by atoms with Gasteiger partial charge in [-0.2, -0.15) is 0 Å². The molecule has 2 aromatic carbocycles. The summed E-state index contributed by atoms with van der Waals surface area (Å²) in [7, 11) is 3.02. The van der Waals surface area contributed by atoms with Gasteiger partial charge < -0.3 is 14.8 Å². The van der Waals surface area contributed by atoms with Crippen molar-refractivity contribution in [3.63, 3.8) is 0 Å². The average molecular weight is 398 g/mol. The van der Waals surface area contributed by atoms with Gasteiger partial charge in [-0.25, -0.2) is 0 Å². The van der Waals surface area contributed by atoms with E-state index in [0.29, 0.717) is 22.7 Å². The predicted octanol–water partition coefficient (Wildman–Crippen LogP) is 3.38. The molecule has 0 saturated carbocycles. The van der Waals surface area contributed by atoms with Crippen molar-refractivity contribution >= 4 is 40.6 Å². The van der Waals surface area contributed by atoms with Gasteiger partial charge in [0, 0.05) is 5.56 Å². The van der Waals surface area contributed by atoms with E-state index in [9.17, 15) is 14.4 Å². The van der Waals surface area contributed by atoms with Crippen LogP contribution in [0.3, 0.4) is 0 Å². The molecule has 0 bridgehead atoms. The van der Waals surface area contributed by atoms with Gasteiger partial charge in [0.15, 0.2) is 0 Å². The number of anilines is 1. The zero-order valence-corrected chi connectivity index (χ0v) is 16.1. The summed E-state index contributed by atoms with van der Waals surface area (Å²) in [5.74, 6) is 0.0608. The number of nitrogens with zero attached hydrogens (tertiary/aromatic N) is 1. The van der Waals surface area contributed by atoms with E-state index in [2.05, 4.69) is 5.32 Å². The van der Waals surface area contributed by atoms with Crippen LogP contribution in [0.25, 0.3) is 6.08 Å². The van der Waals surface area contributed by atoms with Crippen molar-refractivity contribution in [1.29, 1.82) is 0 Å². The van der Waals surface area contributed by atoms with Crippen LogP contribution in [-0.2, 0) is 9.59 Å². The quantitative estimate of drug-likeness (QED) is 0.751. The molecule has 8 heteroatoms. The molecule has 3 rings (SSSR count). The lowest BCUT2D eigenvalue weighted by Crippen LogP contribution is -2.36. The highest BCUT2D eigenvalue weighted by atomic mass is 32.2. The summed E-state index contributed by atoms with van der Waals surface area (Å²) in [6.07, 6.45) is 1.59. The molecule has 3 amide bonds. The fourth-order valence-corrected chi connectivity index (χ4v) is 3.47. The number of carbonyl (C=O) groups excluding carboxylic acids is 3. The summed E-state index contributed by atoms with van der Waals surface area (Å²) in [6, 6.07) is 14.0. The highest BCUT2D eigenvalue weighted by molar-refractivity contribution is 8.18. The Kier molecular flexibility index (Phi) is 6.00. The van der Waals surface area contributed by atoms with E-state index in [0.717, 1.165) is 16.7 Å². The normalized spacial score (nSPS) is 15.1. The maximum absolute atomic E-state index is 12.6. The molecule has 2 aromatic rings. The number of ether oxygens (including phenoxy) is 2. The van der Waals surface area contributed by atoms with Crippen LogP contribution >= 0.6 is 11.8 Å². The molecule has 0 aliphatic carbocycles. The Morgan fingerprint density at radius 1 is 1.04 bits per heavy atom. The number of amides is 3. The Hall–Kier alpha value is -3.26. The first kappa shape index (κ1) is 19.5. The molecular weight excluding hydrogens is 380 g/mol. The minimum atomic E-state index is -0.518. The molecule has 28 heavy (non-hydrogen) atoms. The molecule has 0 spiro atoms. The SMILES string of the molecule is COc1ccccc1/C=C1\SC(=O)N(CC(=O)Nc2ccccc2OC)C1=O. The Bertz CT molecular complexity index is 957. The van der Waals surface area contributed by atoms with Gasteiger partial charge in [-0.15, -0.1) is 0 Å². The standard InChI is InChI=1S/C20H18N2O5S/c1-26-15-9-5-3-7-13(15)11-17-19(24)22(20(25)28-17)12-18(23)21-14-8-4-6-10-16(14)27-2/h3-11H,12H2,1-2H3,(H,21,23)/b17-11-. The van der Waals surface area contributed by atoms with E-state index in [1.54, 1.807) is 48.5 Å². The second-order valence-electron chi connectivity index (χ2n) is 5.76. The number of benzene rings is 2. The first-order valence-electron chi connectivity index (χ1n) is 8.34. The predicted molar refractivity (Wildman–Crippen MR) is 107 cm³/mol. The minimum absolute atomic E-state index is 0.236. The summed E-state index contributed by atoms with van der Waals surface area (Å²) in [6.45, 7) is -0.383. The number of carbonyl (C=O) groups is 3. The van der Waals surface area contributed by atoms with Gasteiger partial charge in [0.1, 0.15) is 18.0 Å². The molecule has 7 nitrogen and oxygen atoms in total. The minimum Gasteiger partial charge on any atom is -0.496 e. The van der Waals surface area contributed by atoms with Gasteiger partial charge in [0.05, 0.1) is 24.8 Å². The van der Waals surface area contributed by atoms with Gasteiger partial charge in [-0.3, -0.25) is 19.3 Å². The molecule has 0 atom stereocenters. The molecule has 0 aromatic heterocycles. The molecule has 0 unspecified atom stereocenters. The largest absolute Gasteiger partial charge is 0.496 e. The fraction of sp³-hybridized carbons (Fsp3) is 0.150. The lowest BCUT2D eigenvalue weighted by molar-refractivity contribution is -0.127. The second-order valence-corrected chi connectivity index (χ2v) is 6.75. The van der Waals surface area contributed by atoms with Gasteiger partial charge >= 0.3 is 0 Å². The van der Waals surface area contributed by atoms with Crippen LogP contribution in [0, 0.1) is 0 Å². The Balaban J connectivity index is 1.73. The van der Waals surface area contributed by atoms with Crippen LogP contribution in [0.1, 0.15) is 5.56 Å². The summed E-state index contributed by atoms with van der Waals surface area (Å²) < 4.78 is 10.4. The number of hydrogen-bond donors (Lipinski definition) is 1. The fourth-order valence-electron chi connectivity index (χ4n) is 2.64. The Labute approximate surface area is 166 Å². The van der Waals surface area contributed by atoms with Crippen molar-refractivity contribution in [2.75, 3.05) is 26.1 Å². The number of rotatable bonds is 6. The second kappa shape index (κ2) is 8.62. The average Bonchev–Trinajstić information content (AvgIpc) is 2.96. The molecule has 144 valence electrons. The number of para-hydroxylation sites is 3. The summed E-state index contributed by atoms with van der Waals surface area (Å²) in [5, 5.41) is 2.15. The molecule has 1 aliphatic heterocycles. The van der Waals surface area contributed by atoms with E-state index in [1.165, 1.54) is 14.2 Å². The Morgan fingerprint density at radius 3 is 2.39 bits per heavy atom. The third-order valence-electron chi connectivity index (χ3n) is 3.98. The molecule has 0 radical (unpaired) electrons. The third kappa shape index (κ3) is 4.17. The van der Waals surface area contributed by atoms with Crippen molar-refractivity contribution in [2.24, 2.45) is 0 Å². The van der Waals surface area contributed by atoms with Gasteiger partial charge in [0.25, 0.3) is 11.1 Å². The number of hydrogen-bond acceptors (Lipinski definition) is 6. The van der Waals surface area contributed by atoms with Crippen LogP contribution in [0.4, 0.5) is 10.5 Å². The van der Waals surface area contributed by atoms with Crippen molar-refractivity contribution < 1.29 is 23.9 Å². The van der Waals surface area contributed by atoms with Crippen molar-refractivity contribution in [1.82, 2.24) is 4.90 Å². The monoisotopic (exact) mass is 398 g/mol. The number of imide groups is 1. The molecule has 1 saturated heterocycles. The Morgan fingerprint density at radius 2 is 1.68 bits per heavy atom. The summed E-state index contributed by atoms with van der Waals surface area (Å²) in [4.78, 5) is 38.3. The molecular formula is C20H18N2O5S. The molecule has 1 N–H and O–H groups in total. The van der Waals surface area contributed by atoms with Gasteiger partial charge in [0.2, 0.25) is 5.91 Å².